The van der Waals surface area contributed by atoms with E-state index in [1.165, 1.54) is 30.5 Å². The van der Waals surface area contributed by atoms with Gasteiger partial charge in [-0.25, -0.2) is 4.98 Å². The molecular formula is C13H8F3N2O2-. The molecule has 0 bridgehead atoms. The van der Waals surface area contributed by atoms with Crippen LogP contribution in [0.4, 0.5) is 24.7 Å². The number of aromatic nitrogens is 1. The van der Waals surface area contributed by atoms with E-state index in [4.69, 9.17) is 0 Å². The largest absolute Gasteiger partial charge is 0.545 e. The van der Waals surface area contributed by atoms with Gasteiger partial charge in [0.05, 0.1) is 11.5 Å². The topological polar surface area (TPSA) is 65.0 Å². The molecule has 0 saturated carbocycles. The standard InChI is InChI=1S/C13H9F3N2O2/c14-13(15,16)8-3-1-4-9(7-8)18-11-10(12(19)20)5-2-6-17-11/h1-7H,(H,17,18)(H,19,20)/p-1. The summed E-state index contributed by atoms with van der Waals surface area (Å²) in [6.07, 6.45) is -3.15. The lowest BCUT2D eigenvalue weighted by Gasteiger charge is -2.13. The zero-order valence-corrected chi connectivity index (χ0v) is 9.94. The lowest BCUT2D eigenvalue weighted by Crippen LogP contribution is -2.23. The number of anilines is 2. The molecule has 0 amide bonds. The van der Waals surface area contributed by atoms with Crippen molar-refractivity contribution in [2.24, 2.45) is 0 Å². The first-order valence-corrected chi connectivity index (χ1v) is 5.48. The third-order valence-electron chi connectivity index (χ3n) is 2.48. The number of carbonyl (C=O) groups excluding carboxylic acids is 1. The van der Waals surface area contributed by atoms with E-state index >= 15 is 0 Å². The third kappa shape index (κ3) is 3.05. The Kier molecular flexibility index (Phi) is 3.60. The Bertz CT molecular complexity index is 642. The highest BCUT2D eigenvalue weighted by Crippen LogP contribution is 2.31. The van der Waals surface area contributed by atoms with E-state index in [0.29, 0.717) is 0 Å². The second-order valence-corrected chi connectivity index (χ2v) is 3.89. The zero-order valence-electron chi connectivity index (χ0n) is 9.94. The number of carboxylic acid groups (broad SMARTS) is 1. The number of nitrogens with zero attached hydrogens (tertiary/aromatic N) is 1. The van der Waals surface area contributed by atoms with Gasteiger partial charge in [0.2, 0.25) is 0 Å². The molecule has 0 spiro atoms. The molecule has 1 N–H and O–H groups in total. The summed E-state index contributed by atoms with van der Waals surface area (Å²) < 4.78 is 37.7. The minimum absolute atomic E-state index is 0.0770. The number of hydrogen-bond acceptors (Lipinski definition) is 4. The summed E-state index contributed by atoms with van der Waals surface area (Å²) >= 11 is 0. The molecule has 2 aromatic rings. The van der Waals surface area contributed by atoms with Gasteiger partial charge < -0.3 is 15.2 Å². The third-order valence-corrected chi connectivity index (χ3v) is 2.48. The summed E-state index contributed by atoms with van der Waals surface area (Å²) in [5.41, 5.74) is -0.987. The summed E-state index contributed by atoms with van der Waals surface area (Å²) in [4.78, 5) is 14.6. The van der Waals surface area contributed by atoms with E-state index < -0.39 is 17.7 Å². The number of nitrogens with one attached hydrogen (secondary N) is 1. The van der Waals surface area contributed by atoms with Gasteiger partial charge in [-0.15, -0.1) is 0 Å². The maximum absolute atomic E-state index is 12.6. The van der Waals surface area contributed by atoms with Crippen LogP contribution in [-0.2, 0) is 6.18 Å². The Hall–Kier alpha value is -2.57. The molecule has 0 aliphatic rings. The molecule has 0 fully saturated rings. The van der Waals surface area contributed by atoms with Gasteiger partial charge in [0.1, 0.15) is 5.82 Å². The average molecular weight is 281 g/mol. The van der Waals surface area contributed by atoms with Crippen LogP contribution in [-0.4, -0.2) is 11.0 Å². The van der Waals surface area contributed by atoms with E-state index in [-0.39, 0.29) is 17.1 Å². The molecule has 7 heteroatoms. The SMILES string of the molecule is O=C([O-])c1cccnc1Nc1cccc(C(F)(F)F)c1. The molecule has 20 heavy (non-hydrogen) atoms. The van der Waals surface area contributed by atoms with Gasteiger partial charge in [-0.1, -0.05) is 6.07 Å². The molecule has 0 unspecified atom stereocenters. The van der Waals surface area contributed by atoms with Gasteiger partial charge in [-0.2, -0.15) is 13.2 Å². The van der Waals surface area contributed by atoms with Crippen molar-refractivity contribution in [1.82, 2.24) is 4.98 Å². The fourth-order valence-corrected chi connectivity index (χ4v) is 1.58. The average Bonchev–Trinajstić information content (AvgIpc) is 2.38. The predicted molar refractivity (Wildman–Crippen MR) is 63.3 cm³/mol. The summed E-state index contributed by atoms with van der Waals surface area (Å²) in [6.45, 7) is 0. The highest BCUT2D eigenvalue weighted by molar-refractivity contribution is 5.92. The quantitative estimate of drug-likeness (QED) is 0.936. The Morgan fingerprint density at radius 3 is 2.60 bits per heavy atom. The number of hydrogen-bond donors (Lipinski definition) is 1. The number of halogens is 3. The Morgan fingerprint density at radius 2 is 1.95 bits per heavy atom. The number of alkyl halides is 3. The predicted octanol–water partition coefficient (Wildman–Crippen LogP) is 2.21. The number of pyridine rings is 1. The molecule has 4 nitrogen and oxygen atoms in total. The van der Waals surface area contributed by atoms with E-state index in [2.05, 4.69) is 10.3 Å². The number of rotatable bonds is 3. The number of aromatic carboxylic acids is 1. The van der Waals surface area contributed by atoms with Gasteiger partial charge in [-0.05, 0) is 30.3 Å². The number of carboxylic acids is 1. The number of carbonyl (C=O) groups is 1. The van der Waals surface area contributed by atoms with Crippen LogP contribution in [0.5, 0.6) is 0 Å². The minimum atomic E-state index is -4.47. The summed E-state index contributed by atoms with van der Waals surface area (Å²) in [5, 5.41) is 13.4. The van der Waals surface area contributed by atoms with Crippen molar-refractivity contribution < 1.29 is 23.1 Å². The first-order valence-electron chi connectivity index (χ1n) is 5.48. The Labute approximate surface area is 111 Å². The molecule has 0 aliphatic heterocycles. The van der Waals surface area contributed by atoms with Crippen LogP contribution >= 0.6 is 0 Å². The molecule has 1 aromatic carbocycles. The van der Waals surface area contributed by atoms with Crippen molar-refractivity contribution in [2.45, 2.75) is 6.18 Å². The maximum Gasteiger partial charge on any atom is 0.416 e. The van der Waals surface area contributed by atoms with Crippen molar-refractivity contribution in [3.8, 4) is 0 Å². The van der Waals surface area contributed by atoms with E-state index in [1.54, 1.807) is 0 Å². The molecule has 0 aliphatic carbocycles. The molecule has 0 radical (unpaired) electrons. The van der Waals surface area contributed by atoms with Gasteiger partial charge in [-0.3, -0.25) is 0 Å². The van der Waals surface area contributed by atoms with Crippen molar-refractivity contribution in [2.75, 3.05) is 5.32 Å². The summed E-state index contributed by atoms with van der Waals surface area (Å²) in [6, 6.07) is 7.02. The lowest BCUT2D eigenvalue weighted by molar-refractivity contribution is -0.254. The molecular weight excluding hydrogens is 273 g/mol. The van der Waals surface area contributed by atoms with Gasteiger partial charge in [0.15, 0.2) is 0 Å². The van der Waals surface area contributed by atoms with Gasteiger partial charge in [0.25, 0.3) is 0 Å². The smallest absolute Gasteiger partial charge is 0.416 e. The van der Waals surface area contributed by atoms with Crippen molar-refractivity contribution in [3.05, 3.63) is 53.7 Å². The van der Waals surface area contributed by atoms with E-state index in [0.717, 1.165) is 12.1 Å². The first kappa shape index (κ1) is 13.9. The highest BCUT2D eigenvalue weighted by Gasteiger charge is 2.30. The van der Waals surface area contributed by atoms with Crippen LogP contribution in [0.25, 0.3) is 0 Å². The second-order valence-electron chi connectivity index (χ2n) is 3.89. The molecule has 1 aromatic heterocycles. The van der Waals surface area contributed by atoms with Crippen molar-refractivity contribution >= 4 is 17.5 Å². The van der Waals surface area contributed by atoms with E-state index in [9.17, 15) is 23.1 Å². The lowest BCUT2D eigenvalue weighted by atomic mass is 10.2. The summed E-state index contributed by atoms with van der Waals surface area (Å²) in [5.74, 6) is -1.54. The van der Waals surface area contributed by atoms with Crippen molar-refractivity contribution in [3.63, 3.8) is 0 Å². The van der Waals surface area contributed by atoms with Crippen LogP contribution in [0.3, 0.4) is 0 Å². The molecule has 1 heterocycles. The number of benzene rings is 1. The molecule has 0 saturated heterocycles. The first-order chi connectivity index (χ1) is 9.38. The second kappa shape index (κ2) is 5.20. The molecule has 0 atom stereocenters. The normalized spacial score (nSPS) is 11.2. The highest BCUT2D eigenvalue weighted by atomic mass is 19.4. The van der Waals surface area contributed by atoms with Crippen LogP contribution in [0.2, 0.25) is 0 Å². The van der Waals surface area contributed by atoms with Crippen LogP contribution in [0, 0.1) is 0 Å². The van der Waals surface area contributed by atoms with Crippen LogP contribution in [0.1, 0.15) is 15.9 Å². The van der Waals surface area contributed by atoms with E-state index in [1.807, 2.05) is 0 Å². The van der Waals surface area contributed by atoms with Crippen LogP contribution in [0.15, 0.2) is 42.6 Å². The van der Waals surface area contributed by atoms with Crippen LogP contribution < -0.4 is 10.4 Å². The monoisotopic (exact) mass is 281 g/mol. The zero-order chi connectivity index (χ0) is 14.8. The minimum Gasteiger partial charge on any atom is -0.545 e. The van der Waals surface area contributed by atoms with Gasteiger partial charge >= 0.3 is 6.18 Å². The Balaban J connectivity index is 2.34. The van der Waals surface area contributed by atoms with Gasteiger partial charge in [0, 0.05) is 17.4 Å². The molecule has 2 rings (SSSR count). The fourth-order valence-electron chi connectivity index (χ4n) is 1.58. The maximum atomic E-state index is 12.6. The fraction of sp³-hybridized carbons (Fsp3) is 0.0769. The summed E-state index contributed by atoms with van der Waals surface area (Å²) in [7, 11) is 0. The Morgan fingerprint density at radius 1 is 1.20 bits per heavy atom. The van der Waals surface area contributed by atoms with Crippen molar-refractivity contribution in [1.29, 1.82) is 0 Å². The molecule has 104 valence electrons.